The molecule has 0 spiro atoms. The lowest BCUT2D eigenvalue weighted by molar-refractivity contribution is -0.141. The van der Waals surface area contributed by atoms with Gasteiger partial charge in [-0.2, -0.15) is 0 Å². The van der Waals surface area contributed by atoms with Crippen molar-refractivity contribution in [1.29, 1.82) is 0 Å². The standard InChI is InChI=1S/C38H46N6O6S2/c1-2-26-20-38(26,36(47)43-52(48,49)29-14-15-29)42-33(45)31-19-28-21-44(31)35(46)32(25-9-4-3-5-10-25)41-37-40-27(22-51-37)11-7-6-8-23-12-13-24-16-17-39-34(50-28)30(24)18-23/h2,12-13,16-18,22,25-26,28-29,31-32H,1,3-11,14-15,19-21H2,(H,40,41)(H,42,45)(H,43,47)/t26-,28-,31+,32+,38-/m1/s1. The lowest BCUT2D eigenvalue weighted by Crippen LogP contribution is -2.58. The van der Waals surface area contributed by atoms with Crippen LogP contribution < -0.4 is 20.1 Å². The number of hydrogen-bond acceptors (Lipinski definition) is 10. The molecule has 52 heavy (non-hydrogen) atoms. The van der Waals surface area contributed by atoms with E-state index in [9.17, 15) is 22.8 Å². The number of fused-ring (bicyclic) bond motifs is 5. The number of carbonyl (C=O) groups excluding carboxylic acids is 3. The van der Waals surface area contributed by atoms with E-state index < -0.39 is 56.7 Å². The summed E-state index contributed by atoms with van der Waals surface area (Å²) in [6.07, 6.45) is 12.7. The normalized spacial score (nSPS) is 28.3. The number of thiazole rings is 1. The average molecular weight is 747 g/mol. The van der Waals surface area contributed by atoms with Gasteiger partial charge in [-0.25, -0.2) is 18.4 Å². The summed E-state index contributed by atoms with van der Waals surface area (Å²) in [5.41, 5.74) is 0.706. The number of pyridine rings is 1. The monoisotopic (exact) mass is 746 g/mol. The lowest BCUT2D eigenvalue weighted by Gasteiger charge is -2.34. The number of nitrogens with zero attached hydrogens (tertiary/aromatic N) is 3. The third kappa shape index (κ3) is 7.03. The molecule has 5 aliphatic rings. The molecule has 14 heteroatoms. The van der Waals surface area contributed by atoms with Gasteiger partial charge < -0.3 is 20.3 Å². The van der Waals surface area contributed by atoms with Crippen LogP contribution in [0.2, 0.25) is 0 Å². The van der Waals surface area contributed by atoms with E-state index in [1.54, 1.807) is 17.2 Å². The summed E-state index contributed by atoms with van der Waals surface area (Å²) in [5.74, 6) is -1.45. The molecule has 2 aliphatic heterocycles. The zero-order valence-corrected chi connectivity index (χ0v) is 30.9. The fraction of sp³-hybridized carbons (Fsp3) is 0.553. The van der Waals surface area contributed by atoms with Crippen molar-refractivity contribution in [2.75, 3.05) is 11.9 Å². The zero-order chi connectivity index (χ0) is 36.0. The number of rotatable bonds is 7. The van der Waals surface area contributed by atoms with E-state index in [-0.39, 0.29) is 31.2 Å². The first-order chi connectivity index (χ1) is 25.1. The molecule has 5 atom stereocenters. The van der Waals surface area contributed by atoms with E-state index in [4.69, 9.17) is 9.72 Å². The predicted octanol–water partition coefficient (Wildman–Crippen LogP) is 4.65. The number of aryl methyl sites for hydroxylation is 2. The van der Waals surface area contributed by atoms with Crippen molar-refractivity contribution in [3.05, 3.63) is 59.8 Å². The third-order valence-electron chi connectivity index (χ3n) is 11.5. The first-order valence-corrected chi connectivity index (χ1v) is 21.1. The Morgan fingerprint density at radius 3 is 2.65 bits per heavy atom. The highest BCUT2D eigenvalue weighted by Gasteiger charge is 2.62. The zero-order valence-electron chi connectivity index (χ0n) is 29.2. The van der Waals surface area contributed by atoms with Crippen molar-refractivity contribution >= 4 is 55.0 Å². The number of sulfonamides is 1. The molecule has 3 amide bonds. The van der Waals surface area contributed by atoms with Crippen molar-refractivity contribution in [2.45, 2.75) is 112 Å². The fourth-order valence-corrected chi connectivity index (χ4v) is 10.4. The third-order valence-corrected chi connectivity index (χ3v) is 14.2. The van der Waals surface area contributed by atoms with Crippen molar-refractivity contribution < 1.29 is 27.5 Å². The van der Waals surface area contributed by atoms with Crippen LogP contribution in [0.3, 0.4) is 0 Å². The van der Waals surface area contributed by atoms with E-state index in [1.165, 1.54) is 16.9 Å². The smallest absolute Gasteiger partial charge is 0.259 e. The second-order valence-corrected chi connectivity index (χ2v) is 18.0. The summed E-state index contributed by atoms with van der Waals surface area (Å²) in [7, 11) is -3.85. The lowest BCUT2D eigenvalue weighted by atomic mass is 9.83. The molecule has 1 aromatic carbocycles. The molecule has 8 rings (SSSR count). The molecule has 3 aliphatic carbocycles. The molecule has 2 aromatic heterocycles. The first kappa shape index (κ1) is 35.0. The molecule has 4 heterocycles. The van der Waals surface area contributed by atoms with E-state index in [0.29, 0.717) is 23.9 Å². The van der Waals surface area contributed by atoms with Gasteiger partial charge in [0.25, 0.3) is 5.91 Å². The van der Waals surface area contributed by atoms with Crippen molar-refractivity contribution in [1.82, 2.24) is 24.9 Å². The molecule has 12 nitrogen and oxygen atoms in total. The van der Waals surface area contributed by atoms with Gasteiger partial charge in [-0.3, -0.25) is 19.1 Å². The van der Waals surface area contributed by atoms with Gasteiger partial charge >= 0.3 is 0 Å². The predicted molar refractivity (Wildman–Crippen MR) is 198 cm³/mol. The van der Waals surface area contributed by atoms with Crippen LogP contribution in [0.5, 0.6) is 5.88 Å². The second-order valence-electron chi connectivity index (χ2n) is 15.2. The van der Waals surface area contributed by atoms with Gasteiger partial charge in [0, 0.05) is 29.3 Å². The number of anilines is 1. The summed E-state index contributed by atoms with van der Waals surface area (Å²) in [6.45, 7) is 3.97. The number of hydrogen-bond donors (Lipinski definition) is 3. The highest BCUT2D eigenvalue weighted by atomic mass is 32.2. The topological polar surface area (TPSA) is 160 Å². The summed E-state index contributed by atoms with van der Waals surface area (Å²) in [5, 5.41) is 10.4. The van der Waals surface area contributed by atoms with E-state index >= 15 is 0 Å². The van der Waals surface area contributed by atoms with Crippen LogP contribution in [-0.2, 0) is 37.2 Å². The molecule has 276 valence electrons. The maximum Gasteiger partial charge on any atom is 0.259 e. The van der Waals surface area contributed by atoms with Crippen LogP contribution in [0, 0.1) is 11.8 Å². The van der Waals surface area contributed by atoms with Crippen LogP contribution >= 0.6 is 11.3 Å². The molecule has 1 saturated heterocycles. The molecule has 4 fully saturated rings. The highest BCUT2D eigenvalue weighted by molar-refractivity contribution is 7.91. The Morgan fingerprint density at radius 1 is 1.08 bits per heavy atom. The molecular weight excluding hydrogens is 701 g/mol. The molecule has 3 N–H and O–H groups in total. The quantitative estimate of drug-likeness (QED) is 0.293. The van der Waals surface area contributed by atoms with Crippen LogP contribution in [0.1, 0.15) is 81.9 Å². The summed E-state index contributed by atoms with van der Waals surface area (Å²) in [4.78, 5) is 53.9. The molecule has 3 aromatic rings. The second kappa shape index (κ2) is 14.1. The van der Waals surface area contributed by atoms with Gasteiger partial charge in [0.15, 0.2) is 5.13 Å². The number of carbonyl (C=O) groups is 3. The van der Waals surface area contributed by atoms with Gasteiger partial charge in [0.1, 0.15) is 23.7 Å². The Morgan fingerprint density at radius 2 is 1.88 bits per heavy atom. The fourth-order valence-electron chi connectivity index (χ4n) is 8.27. The number of ether oxygens (including phenoxy) is 1. The Bertz CT molecular complexity index is 1990. The van der Waals surface area contributed by atoms with Gasteiger partial charge in [0.2, 0.25) is 27.7 Å². The summed E-state index contributed by atoms with van der Waals surface area (Å²) in [6, 6.07) is 6.69. The number of aromatic nitrogens is 2. The van der Waals surface area contributed by atoms with E-state index in [0.717, 1.165) is 74.3 Å². The number of nitrogens with one attached hydrogen (secondary N) is 3. The number of amides is 3. The Labute approximate surface area is 308 Å². The van der Waals surface area contributed by atoms with Crippen molar-refractivity contribution in [3.8, 4) is 5.88 Å². The van der Waals surface area contributed by atoms with Crippen molar-refractivity contribution in [3.63, 3.8) is 0 Å². The Hall–Kier alpha value is -4.04. The summed E-state index contributed by atoms with van der Waals surface area (Å²) >= 11 is 1.50. The van der Waals surface area contributed by atoms with Gasteiger partial charge in [0.05, 0.1) is 17.5 Å². The maximum absolute atomic E-state index is 14.9. The molecule has 6 bridgehead atoms. The number of benzene rings is 1. The molecular formula is C38H46N6O6S2. The molecule has 0 radical (unpaired) electrons. The minimum absolute atomic E-state index is 0.0550. The summed E-state index contributed by atoms with van der Waals surface area (Å²) < 4.78 is 34.3. The SMILES string of the molecule is C=C[C@@H]1C[C@]1(NC(=O)[C@@H]1C[C@@H]2CN1C(=O)[C@H](C1CCCCC1)Nc1nc(cs1)CCCCc1ccc3ccnc(c3c1)O2)C(=O)NS(=O)(=O)C1CC1. The van der Waals surface area contributed by atoms with Gasteiger partial charge in [-0.1, -0.05) is 37.5 Å². The highest BCUT2D eigenvalue weighted by Crippen LogP contribution is 2.46. The van der Waals surface area contributed by atoms with Crippen LogP contribution in [0.25, 0.3) is 10.8 Å². The van der Waals surface area contributed by atoms with E-state index in [2.05, 4.69) is 50.5 Å². The minimum Gasteiger partial charge on any atom is -0.472 e. The maximum atomic E-state index is 14.9. The molecule has 3 saturated carbocycles. The average Bonchev–Trinajstić information content (AvgIpc) is 4.04. The largest absolute Gasteiger partial charge is 0.472 e. The van der Waals surface area contributed by atoms with Gasteiger partial charge in [-0.15, -0.1) is 17.9 Å². The Balaban J connectivity index is 1.13. The van der Waals surface area contributed by atoms with Crippen LogP contribution in [0.4, 0.5) is 5.13 Å². The van der Waals surface area contributed by atoms with Crippen LogP contribution in [0.15, 0.2) is 48.5 Å². The minimum atomic E-state index is -3.85. The Kier molecular flexibility index (Phi) is 9.48. The van der Waals surface area contributed by atoms with Gasteiger partial charge in [-0.05, 0) is 86.8 Å². The van der Waals surface area contributed by atoms with E-state index in [1.807, 2.05) is 6.07 Å². The van der Waals surface area contributed by atoms with Crippen molar-refractivity contribution in [2.24, 2.45) is 11.8 Å². The van der Waals surface area contributed by atoms with Crippen LogP contribution in [-0.4, -0.2) is 76.5 Å². The first-order valence-electron chi connectivity index (χ1n) is 18.7. The molecule has 0 unspecified atom stereocenters.